The van der Waals surface area contributed by atoms with E-state index in [0.29, 0.717) is 5.56 Å². The van der Waals surface area contributed by atoms with E-state index in [9.17, 15) is 13.6 Å². The number of hydrogen-bond donors (Lipinski definition) is 0. The topological polar surface area (TPSA) is 17.1 Å². The first-order valence-corrected chi connectivity index (χ1v) is 6.95. The van der Waals surface area contributed by atoms with Crippen molar-refractivity contribution in [3.63, 3.8) is 0 Å². The minimum Gasteiger partial charge on any atom is -0.289 e. The summed E-state index contributed by atoms with van der Waals surface area (Å²) in [6.07, 6.45) is 0.982. The molecule has 0 amide bonds. The van der Waals surface area contributed by atoms with Crippen molar-refractivity contribution in [3.05, 3.63) is 70.8 Å². The van der Waals surface area contributed by atoms with E-state index in [2.05, 4.69) is 20.8 Å². The molecule has 0 saturated carbocycles. The third-order valence-corrected chi connectivity index (χ3v) is 3.94. The van der Waals surface area contributed by atoms with Gasteiger partial charge >= 0.3 is 0 Å². The molecule has 0 unspecified atom stereocenters. The molecule has 110 valence electrons. The maximum atomic E-state index is 13.2. The van der Waals surface area contributed by atoms with Gasteiger partial charge in [0.05, 0.1) is 0 Å². The van der Waals surface area contributed by atoms with Gasteiger partial charge in [-0.25, -0.2) is 8.78 Å². The number of hydrogen-bond acceptors (Lipinski definition) is 1. The molecule has 0 aliphatic heterocycles. The summed E-state index contributed by atoms with van der Waals surface area (Å²) in [5, 5.41) is 0. The first-order chi connectivity index (χ1) is 9.83. The monoisotopic (exact) mass is 288 g/mol. The number of ketones is 1. The molecule has 0 atom stereocenters. The molecule has 21 heavy (non-hydrogen) atoms. The van der Waals surface area contributed by atoms with E-state index >= 15 is 0 Å². The van der Waals surface area contributed by atoms with Crippen molar-refractivity contribution in [1.82, 2.24) is 0 Å². The molecule has 0 fully saturated rings. The summed E-state index contributed by atoms with van der Waals surface area (Å²) < 4.78 is 26.4. The molecular formula is C18H18F2O. The smallest absolute Gasteiger partial charge is 0.193 e. The summed E-state index contributed by atoms with van der Waals surface area (Å²) >= 11 is 0. The van der Waals surface area contributed by atoms with Crippen LogP contribution in [0.4, 0.5) is 8.78 Å². The Morgan fingerprint density at radius 2 is 1.48 bits per heavy atom. The zero-order valence-corrected chi connectivity index (χ0v) is 12.4. The number of carbonyl (C=O) groups excluding carboxylic acids is 1. The predicted octanol–water partition coefficient (Wildman–Crippen LogP) is 4.88. The number of halogens is 2. The van der Waals surface area contributed by atoms with Crippen LogP contribution >= 0.6 is 0 Å². The first-order valence-electron chi connectivity index (χ1n) is 6.95. The van der Waals surface area contributed by atoms with Crippen LogP contribution in [0.1, 0.15) is 48.7 Å². The summed E-state index contributed by atoms with van der Waals surface area (Å²) in [6.45, 7) is 6.37. The highest BCUT2D eigenvalue weighted by Gasteiger charge is 2.18. The molecule has 0 radical (unpaired) electrons. The lowest BCUT2D eigenvalue weighted by atomic mass is 9.82. The fraction of sp³-hybridized carbons (Fsp3) is 0.278. The van der Waals surface area contributed by atoms with E-state index in [1.165, 1.54) is 0 Å². The van der Waals surface area contributed by atoms with Crippen LogP contribution in [0.25, 0.3) is 0 Å². The summed E-state index contributed by atoms with van der Waals surface area (Å²) in [4.78, 5) is 12.2. The summed E-state index contributed by atoms with van der Waals surface area (Å²) in [7, 11) is 0. The second-order valence-corrected chi connectivity index (χ2v) is 5.80. The molecule has 0 aliphatic rings. The Morgan fingerprint density at radius 1 is 0.952 bits per heavy atom. The Bertz CT molecular complexity index is 637. The molecule has 1 nitrogen and oxygen atoms in total. The fourth-order valence-electron chi connectivity index (χ4n) is 2.13. The van der Waals surface area contributed by atoms with E-state index in [0.717, 1.165) is 30.2 Å². The molecule has 2 aromatic rings. The van der Waals surface area contributed by atoms with Crippen LogP contribution in [0, 0.1) is 11.6 Å². The summed E-state index contributed by atoms with van der Waals surface area (Å²) in [5.41, 5.74) is 1.62. The highest BCUT2D eigenvalue weighted by molar-refractivity contribution is 6.09. The Kier molecular flexibility index (Phi) is 4.21. The third-order valence-electron chi connectivity index (χ3n) is 3.94. The van der Waals surface area contributed by atoms with Crippen molar-refractivity contribution in [2.24, 2.45) is 0 Å². The summed E-state index contributed by atoms with van der Waals surface area (Å²) in [6, 6.07) is 10.1. The van der Waals surface area contributed by atoms with E-state index in [4.69, 9.17) is 0 Å². The van der Waals surface area contributed by atoms with E-state index < -0.39 is 11.6 Å². The Morgan fingerprint density at radius 3 is 1.95 bits per heavy atom. The van der Waals surface area contributed by atoms with Crippen LogP contribution in [0.2, 0.25) is 0 Å². The lowest BCUT2D eigenvalue weighted by Crippen LogP contribution is -2.15. The largest absolute Gasteiger partial charge is 0.289 e. The highest BCUT2D eigenvalue weighted by Crippen LogP contribution is 2.27. The molecule has 0 spiro atoms. The number of carbonyl (C=O) groups is 1. The SMILES string of the molecule is CCC(C)(C)c1ccc(C(=O)c2cc(F)cc(F)c2)cc1. The molecule has 0 N–H and O–H groups in total. The lowest BCUT2D eigenvalue weighted by Gasteiger charge is -2.23. The van der Waals surface area contributed by atoms with Crippen LogP contribution in [0.15, 0.2) is 42.5 Å². The van der Waals surface area contributed by atoms with Gasteiger partial charge in [-0.05, 0) is 29.5 Å². The van der Waals surface area contributed by atoms with Crippen LogP contribution in [0.5, 0.6) is 0 Å². The van der Waals surface area contributed by atoms with Gasteiger partial charge in [0.2, 0.25) is 0 Å². The van der Waals surface area contributed by atoms with Gasteiger partial charge in [0, 0.05) is 17.2 Å². The fourth-order valence-corrected chi connectivity index (χ4v) is 2.13. The highest BCUT2D eigenvalue weighted by atomic mass is 19.1. The van der Waals surface area contributed by atoms with Gasteiger partial charge in [0.1, 0.15) is 11.6 Å². The van der Waals surface area contributed by atoms with Crippen LogP contribution in [0.3, 0.4) is 0 Å². The summed E-state index contributed by atoms with van der Waals surface area (Å²) in [5.74, 6) is -1.88. The molecular weight excluding hydrogens is 270 g/mol. The first kappa shape index (κ1) is 15.4. The van der Waals surface area contributed by atoms with Gasteiger partial charge in [-0.1, -0.05) is 45.0 Å². The maximum Gasteiger partial charge on any atom is 0.193 e. The van der Waals surface area contributed by atoms with Crippen LogP contribution in [-0.2, 0) is 5.41 Å². The molecule has 0 heterocycles. The van der Waals surface area contributed by atoms with E-state index in [-0.39, 0.29) is 16.8 Å². The standard InChI is InChI=1S/C18H18F2O/c1-4-18(2,3)14-7-5-12(6-8-14)17(21)13-9-15(19)11-16(20)10-13/h5-11H,4H2,1-3H3. The Labute approximate surface area is 123 Å². The van der Waals surface area contributed by atoms with Gasteiger partial charge in [-0.15, -0.1) is 0 Å². The number of benzene rings is 2. The molecule has 0 bridgehead atoms. The average Bonchev–Trinajstić information content (AvgIpc) is 2.45. The molecule has 0 aliphatic carbocycles. The molecule has 2 aromatic carbocycles. The number of rotatable bonds is 4. The van der Waals surface area contributed by atoms with Crippen LogP contribution in [-0.4, -0.2) is 5.78 Å². The van der Waals surface area contributed by atoms with Gasteiger partial charge in [0.25, 0.3) is 0 Å². The van der Waals surface area contributed by atoms with Crippen LogP contribution < -0.4 is 0 Å². The lowest BCUT2D eigenvalue weighted by molar-refractivity contribution is 0.103. The van der Waals surface area contributed by atoms with Crippen molar-refractivity contribution >= 4 is 5.78 Å². The molecule has 0 saturated heterocycles. The van der Waals surface area contributed by atoms with E-state index in [1.807, 2.05) is 12.1 Å². The quantitative estimate of drug-likeness (QED) is 0.732. The molecule has 0 aromatic heterocycles. The minimum absolute atomic E-state index is 0.0231. The Balaban J connectivity index is 2.32. The van der Waals surface area contributed by atoms with Gasteiger partial charge in [-0.2, -0.15) is 0 Å². The van der Waals surface area contributed by atoms with Crippen molar-refractivity contribution in [2.75, 3.05) is 0 Å². The predicted molar refractivity (Wildman–Crippen MR) is 79.5 cm³/mol. The zero-order valence-electron chi connectivity index (χ0n) is 12.4. The van der Waals surface area contributed by atoms with E-state index in [1.54, 1.807) is 12.1 Å². The van der Waals surface area contributed by atoms with Crippen molar-refractivity contribution in [3.8, 4) is 0 Å². The normalized spacial score (nSPS) is 11.5. The zero-order chi connectivity index (χ0) is 15.6. The van der Waals surface area contributed by atoms with Crippen molar-refractivity contribution < 1.29 is 13.6 Å². The van der Waals surface area contributed by atoms with Crippen molar-refractivity contribution in [2.45, 2.75) is 32.6 Å². The Hall–Kier alpha value is -2.03. The van der Waals surface area contributed by atoms with Gasteiger partial charge in [0.15, 0.2) is 5.78 Å². The maximum absolute atomic E-state index is 13.2. The van der Waals surface area contributed by atoms with Gasteiger partial charge in [-0.3, -0.25) is 4.79 Å². The second kappa shape index (κ2) is 5.76. The van der Waals surface area contributed by atoms with Gasteiger partial charge < -0.3 is 0 Å². The van der Waals surface area contributed by atoms with Crippen molar-refractivity contribution in [1.29, 1.82) is 0 Å². The molecule has 3 heteroatoms. The molecule has 2 rings (SSSR count). The third kappa shape index (κ3) is 3.35. The minimum atomic E-state index is -0.748. The average molecular weight is 288 g/mol. The second-order valence-electron chi connectivity index (χ2n) is 5.80.